The lowest BCUT2D eigenvalue weighted by molar-refractivity contribution is 0.639. The lowest BCUT2D eigenvalue weighted by Gasteiger charge is -2.15. The van der Waals surface area contributed by atoms with Crippen molar-refractivity contribution in [3.8, 4) is 6.07 Å². The molecule has 0 bridgehead atoms. The number of nitrogens with one attached hydrogen (secondary N) is 1. The van der Waals surface area contributed by atoms with E-state index < -0.39 is 0 Å². The second kappa shape index (κ2) is 3.92. The minimum Gasteiger partial charge on any atom is -0.310 e. The van der Waals surface area contributed by atoms with Gasteiger partial charge in [0.1, 0.15) is 0 Å². The summed E-state index contributed by atoms with van der Waals surface area (Å²) in [6, 6.07) is 11.6. The van der Waals surface area contributed by atoms with Crippen LogP contribution in [0.4, 0.5) is 0 Å². The van der Waals surface area contributed by atoms with Crippen molar-refractivity contribution >= 4 is 0 Å². The molecule has 0 amide bonds. The normalized spacial score (nSPS) is 32.3. The monoisotopic (exact) mass is 212 g/mol. The standard InChI is InChI=1S/C14H16N2/c15-9-10-8-13(10)11-4-1-2-5-12(11)14-6-3-7-16-14/h1-2,4-5,10,13-14,16H,3,6-8H2/t10-,13-,14?/m0/s1. The molecule has 1 aromatic carbocycles. The van der Waals surface area contributed by atoms with Crippen molar-refractivity contribution in [1.82, 2.24) is 5.32 Å². The summed E-state index contributed by atoms with van der Waals surface area (Å²) in [6.07, 6.45) is 3.56. The molecule has 82 valence electrons. The van der Waals surface area contributed by atoms with Gasteiger partial charge in [-0.05, 0) is 36.9 Å². The predicted molar refractivity (Wildman–Crippen MR) is 62.9 cm³/mol. The maximum absolute atomic E-state index is 8.93. The van der Waals surface area contributed by atoms with Crippen LogP contribution in [-0.2, 0) is 0 Å². The van der Waals surface area contributed by atoms with Gasteiger partial charge in [0.25, 0.3) is 0 Å². The minimum absolute atomic E-state index is 0.266. The highest BCUT2D eigenvalue weighted by atomic mass is 14.9. The Morgan fingerprint density at radius 1 is 1.25 bits per heavy atom. The van der Waals surface area contributed by atoms with Gasteiger partial charge in [0.05, 0.1) is 12.0 Å². The molecular weight excluding hydrogens is 196 g/mol. The number of nitriles is 1. The molecule has 1 saturated heterocycles. The van der Waals surface area contributed by atoms with Crippen LogP contribution in [0.1, 0.15) is 42.3 Å². The third kappa shape index (κ3) is 1.62. The fourth-order valence-electron chi connectivity index (χ4n) is 2.80. The van der Waals surface area contributed by atoms with E-state index in [1.807, 2.05) is 0 Å². The van der Waals surface area contributed by atoms with Crippen molar-refractivity contribution in [2.75, 3.05) is 6.54 Å². The summed E-state index contributed by atoms with van der Waals surface area (Å²) in [5.41, 5.74) is 2.84. The van der Waals surface area contributed by atoms with Crippen molar-refractivity contribution in [2.24, 2.45) is 5.92 Å². The van der Waals surface area contributed by atoms with Gasteiger partial charge in [0.15, 0.2) is 0 Å². The summed E-state index contributed by atoms with van der Waals surface area (Å²) in [5, 5.41) is 12.5. The van der Waals surface area contributed by atoms with Crippen LogP contribution < -0.4 is 5.32 Å². The molecule has 1 aromatic rings. The highest BCUT2D eigenvalue weighted by Gasteiger charge is 2.40. The molecule has 1 heterocycles. The Bertz CT molecular complexity index is 427. The maximum atomic E-state index is 8.93. The zero-order valence-corrected chi connectivity index (χ0v) is 9.32. The number of hydrogen-bond acceptors (Lipinski definition) is 2. The fraction of sp³-hybridized carbons (Fsp3) is 0.500. The summed E-state index contributed by atoms with van der Waals surface area (Å²) >= 11 is 0. The Morgan fingerprint density at radius 3 is 2.69 bits per heavy atom. The van der Waals surface area contributed by atoms with Crippen LogP contribution in [0.5, 0.6) is 0 Å². The quantitative estimate of drug-likeness (QED) is 0.818. The third-order valence-corrected chi connectivity index (χ3v) is 3.79. The smallest absolute Gasteiger partial charge is 0.0662 e. The van der Waals surface area contributed by atoms with Gasteiger partial charge < -0.3 is 5.32 Å². The fourth-order valence-corrected chi connectivity index (χ4v) is 2.80. The Kier molecular flexibility index (Phi) is 2.41. The lowest BCUT2D eigenvalue weighted by Crippen LogP contribution is -2.14. The van der Waals surface area contributed by atoms with Crippen LogP contribution in [0.2, 0.25) is 0 Å². The summed E-state index contributed by atoms with van der Waals surface area (Å²) in [7, 11) is 0. The lowest BCUT2D eigenvalue weighted by atomic mass is 9.95. The molecule has 2 heteroatoms. The van der Waals surface area contributed by atoms with Crippen molar-refractivity contribution < 1.29 is 0 Å². The van der Waals surface area contributed by atoms with Gasteiger partial charge in [-0.25, -0.2) is 0 Å². The highest BCUT2D eigenvalue weighted by molar-refractivity contribution is 5.38. The summed E-state index contributed by atoms with van der Waals surface area (Å²) in [5.74, 6) is 0.770. The van der Waals surface area contributed by atoms with Gasteiger partial charge in [0, 0.05) is 12.0 Å². The number of hydrogen-bond donors (Lipinski definition) is 1. The molecule has 1 aliphatic heterocycles. The number of rotatable bonds is 2. The van der Waals surface area contributed by atoms with Crippen LogP contribution in [0.3, 0.4) is 0 Å². The zero-order valence-electron chi connectivity index (χ0n) is 9.32. The summed E-state index contributed by atoms with van der Waals surface area (Å²) in [6.45, 7) is 1.13. The Morgan fingerprint density at radius 2 is 2.06 bits per heavy atom. The van der Waals surface area contributed by atoms with E-state index in [-0.39, 0.29) is 5.92 Å². The molecule has 1 saturated carbocycles. The van der Waals surface area contributed by atoms with E-state index in [2.05, 4.69) is 35.7 Å². The van der Waals surface area contributed by atoms with Crippen LogP contribution in [0, 0.1) is 17.2 Å². The van der Waals surface area contributed by atoms with E-state index in [0.717, 1.165) is 13.0 Å². The first kappa shape index (κ1) is 9.86. The average Bonchev–Trinajstić information content (AvgIpc) is 2.93. The Labute approximate surface area is 96.3 Å². The second-order valence-corrected chi connectivity index (χ2v) is 4.86. The summed E-state index contributed by atoms with van der Waals surface area (Å²) in [4.78, 5) is 0. The van der Waals surface area contributed by atoms with E-state index in [4.69, 9.17) is 5.26 Å². The van der Waals surface area contributed by atoms with Gasteiger partial charge in [-0.15, -0.1) is 0 Å². The molecule has 3 atom stereocenters. The Hall–Kier alpha value is -1.33. The summed E-state index contributed by atoms with van der Waals surface area (Å²) < 4.78 is 0. The second-order valence-electron chi connectivity index (χ2n) is 4.86. The van der Waals surface area contributed by atoms with Crippen LogP contribution in [0.15, 0.2) is 24.3 Å². The number of nitrogens with zero attached hydrogens (tertiary/aromatic N) is 1. The van der Waals surface area contributed by atoms with Crippen molar-refractivity contribution in [1.29, 1.82) is 5.26 Å². The largest absolute Gasteiger partial charge is 0.310 e. The molecule has 1 unspecified atom stereocenters. The van der Waals surface area contributed by atoms with Crippen LogP contribution >= 0.6 is 0 Å². The molecule has 0 radical (unpaired) electrons. The molecule has 1 aliphatic carbocycles. The first-order chi connectivity index (χ1) is 7.90. The molecule has 2 aliphatic rings. The number of benzene rings is 1. The first-order valence-electron chi connectivity index (χ1n) is 6.12. The van der Waals surface area contributed by atoms with E-state index >= 15 is 0 Å². The molecule has 0 spiro atoms. The first-order valence-corrected chi connectivity index (χ1v) is 6.12. The average molecular weight is 212 g/mol. The predicted octanol–water partition coefficient (Wildman–Crippen LogP) is 2.74. The van der Waals surface area contributed by atoms with Crippen molar-refractivity contribution in [3.05, 3.63) is 35.4 Å². The van der Waals surface area contributed by atoms with Gasteiger partial charge in [0.2, 0.25) is 0 Å². The molecule has 1 N–H and O–H groups in total. The molecule has 2 nitrogen and oxygen atoms in total. The van der Waals surface area contributed by atoms with Gasteiger partial charge >= 0.3 is 0 Å². The molecule has 3 rings (SSSR count). The van der Waals surface area contributed by atoms with Crippen molar-refractivity contribution in [2.45, 2.75) is 31.2 Å². The Balaban J connectivity index is 1.90. The van der Waals surface area contributed by atoms with Gasteiger partial charge in [-0.2, -0.15) is 5.26 Å². The SMILES string of the molecule is N#C[C@@H]1C[C@@H]1c1ccccc1C1CCCN1. The van der Waals surface area contributed by atoms with Crippen LogP contribution in [0.25, 0.3) is 0 Å². The maximum Gasteiger partial charge on any atom is 0.0662 e. The topological polar surface area (TPSA) is 35.8 Å². The van der Waals surface area contributed by atoms with Gasteiger partial charge in [-0.1, -0.05) is 24.3 Å². The van der Waals surface area contributed by atoms with E-state index in [1.165, 1.54) is 24.0 Å². The molecule has 2 fully saturated rings. The van der Waals surface area contributed by atoms with E-state index in [0.29, 0.717) is 12.0 Å². The van der Waals surface area contributed by atoms with Crippen molar-refractivity contribution in [3.63, 3.8) is 0 Å². The van der Waals surface area contributed by atoms with Crippen LogP contribution in [-0.4, -0.2) is 6.54 Å². The molecule has 0 aromatic heterocycles. The van der Waals surface area contributed by atoms with Gasteiger partial charge in [-0.3, -0.25) is 0 Å². The zero-order chi connectivity index (χ0) is 11.0. The molecule has 16 heavy (non-hydrogen) atoms. The van der Waals surface area contributed by atoms with E-state index in [9.17, 15) is 0 Å². The third-order valence-electron chi connectivity index (χ3n) is 3.79. The highest BCUT2D eigenvalue weighted by Crippen LogP contribution is 2.49. The minimum atomic E-state index is 0.266. The van der Waals surface area contributed by atoms with E-state index in [1.54, 1.807) is 0 Å². The molecular formula is C14H16N2.